The van der Waals surface area contributed by atoms with Crippen LogP contribution < -0.4 is 5.32 Å². The zero-order valence-corrected chi connectivity index (χ0v) is 14.3. The van der Waals surface area contributed by atoms with Gasteiger partial charge in [-0.05, 0) is 35.9 Å². The summed E-state index contributed by atoms with van der Waals surface area (Å²) < 4.78 is 0. The van der Waals surface area contributed by atoms with Crippen LogP contribution in [0.3, 0.4) is 0 Å². The number of nitrogens with zero attached hydrogens (tertiary/aromatic N) is 2. The highest BCUT2D eigenvalue weighted by Crippen LogP contribution is 2.25. The fraction of sp³-hybridized carbons (Fsp3) is 0. The van der Waals surface area contributed by atoms with Gasteiger partial charge < -0.3 is 5.32 Å². The van der Waals surface area contributed by atoms with Gasteiger partial charge in [0.2, 0.25) is 0 Å². The maximum absolute atomic E-state index is 10.9. The number of anilines is 2. The van der Waals surface area contributed by atoms with Crippen molar-refractivity contribution in [1.29, 1.82) is 0 Å². The molecule has 0 saturated carbocycles. The number of aromatic amines is 1. The number of rotatable bonds is 5. The number of non-ortho nitro benzene ring substituents is 1. The largest absolute Gasteiger partial charge is 0.355 e. The van der Waals surface area contributed by atoms with Gasteiger partial charge in [0.15, 0.2) is 0 Å². The summed E-state index contributed by atoms with van der Waals surface area (Å²) >= 11 is 0. The van der Waals surface area contributed by atoms with E-state index in [4.69, 9.17) is 0 Å². The Morgan fingerprint density at radius 2 is 1.74 bits per heavy atom. The zero-order chi connectivity index (χ0) is 18.6. The number of benzene rings is 3. The second-order valence-corrected chi connectivity index (χ2v) is 6.05. The van der Waals surface area contributed by atoms with Crippen molar-refractivity contribution in [2.75, 3.05) is 5.32 Å². The van der Waals surface area contributed by atoms with Crippen molar-refractivity contribution >= 4 is 40.1 Å². The lowest BCUT2D eigenvalue weighted by Gasteiger charge is -2.06. The molecule has 1 aromatic heterocycles. The van der Waals surface area contributed by atoms with Gasteiger partial charge in [-0.2, -0.15) is 5.10 Å². The third-order valence-corrected chi connectivity index (χ3v) is 4.17. The summed E-state index contributed by atoms with van der Waals surface area (Å²) in [5.74, 6) is 0. The van der Waals surface area contributed by atoms with Crippen LogP contribution >= 0.6 is 0 Å². The molecule has 0 aliphatic heterocycles. The van der Waals surface area contributed by atoms with Gasteiger partial charge in [0.05, 0.1) is 16.1 Å². The molecule has 0 unspecified atom stereocenters. The fourth-order valence-corrected chi connectivity index (χ4v) is 2.85. The molecule has 6 heteroatoms. The van der Waals surface area contributed by atoms with E-state index in [2.05, 4.69) is 15.5 Å². The standard InChI is InChI=1S/C21H16N4O2/c26-25(27)18-8-4-7-16(13-18)22-17-10-11-19-20(23-24-21(19)14-17)12-9-15-5-2-1-3-6-15/h1-14,22H,(H,23,24). The average Bonchev–Trinajstić information content (AvgIpc) is 3.09. The fourth-order valence-electron chi connectivity index (χ4n) is 2.85. The lowest BCUT2D eigenvalue weighted by atomic mass is 10.1. The molecule has 0 aliphatic rings. The lowest BCUT2D eigenvalue weighted by molar-refractivity contribution is -0.384. The smallest absolute Gasteiger partial charge is 0.271 e. The number of hydrogen-bond acceptors (Lipinski definition) is 4. The van der Waals surface area contributed by atoms with Crippen molar-refractivity contribution in [1.82, 2.24) is 10.2 Å². The Bertz CT molecular complexity index is 1130. The average molecular weight is 356 g/mol. The summed E-state index contributed by atoms with van der Waals surface area (Å²) in [5, 5.41) is 22.5. The molecule has 0 bridgehead atoms. The molecule has 6 nitrogen and oxygen atoms in total. The van der Waals surface area contributed by atoms with Gasteiger partial charge in [0, 0.05) is 28.9 Å². The van der Waals surface area contributed by atoms with E-state index in [0.717, 1.165) is 27.8 Å². The van der Waals surface area contributed by atoms with Gasteiger partial charge >= 0.3 is 0 Å². The van der Waals surface area contributed by atoms with Gasteiger partial charge in [-0.1, -0.05) is 42.5 Å². The van der Waals surface area contributed by atoms with E-state index in [-0.39, 0.29) is 5.69 Å². The Labute approximate surface area is 155 Å². The highest BCUT2D eigenvalue weighted by molar-refractivity contribution is 5.91. The number of H-pyrrole nitrogens is 1. The summed E-state index contributed by atoms with van der Waals surface area (Å²) in [6, 6.07) is 22.3. The molecule has 0 fully saturated rings. The minimum atomic E-state index is -0.408. The molecular weight excluding hydrogens is 340 g/mol. The maximum atomic E-state index is 10.9. The van der Waals surface area contributed by atoms with Crippen LogP contribution in [0.15, 0.2) is 72.8 Å². The van der Waals surface area contributed by atoms with Gasteiger partial charge in [-0.25, -0.2) is 0 Å². The number of nitrogens with one attached hydrogen (secondary N) is 2. The molecule has 4 aromatic rings. The van der Waals surface area contributed by atoms with Crippen molar-refractivity contribution in [3.63, 3.8) is 0 Å². The second-order valence-electron chi connectivity index (χ2n) is 6.05. The minimum absolute atomic E-state index is 0.0518. The van der Waals surface area contributed by atoms with Crippen molar-refractivity contribution in [3.05, 3.63) is 94.2 Å². The molecule has 3 aromatic carbocycles. The Morgan fingerprint density at radius 3 is 2.56 bits per heavy atom. The van der Waals surface area contributed by atoms with Gasteiger partial charge in [-0.15, -0.1) is 0 Å². The van der Waals surface area contributed by atoms with Gasteiger partial charge in [0.25, 0.3) is 5.69 Å². The molecule has 132 valence electrons. The van der Waals surface area contributed by atoms with Crippen LogP contribution in [0.4, 0.5) is 17.1 Å². The summed E-state index contributed by atoms with van der Waals surface area (Å²) in [6.07, 6.45) is 3.99. The van der Waals surface area contributed by atoms with E-state index >= 15 is 0 Å². The van der Waals surface area contributed by atoms with E-state index in [0.29, 0.717) is 5.69 Å². The number of nitro groups is 1. The first-order valence-electron chi connectivity index (χ1n) is 8.42. The maximum Gasteiger partial charge on any atom is 0.271 e. The van der Waals surface area contributed by atoms with Crippen LogP contribution in [0.25, 0.3) is 23.1 Å². The monoisotopic (exact) mass is 356 g/mol. The van der Waals surface area contributed by atoms with Crippen LogP contribution in [0.2, 0.25) is 0 Å². The highest BCUT2D eigenvalue weighted by Gasteiger charge is 2.07. The predicted molar refractivity (Wildman–Crippen MR) is 108 cm³/mol. The summed E-state index contributed by atoms with van der Waals surface area (Å²) in [5.41, 5.74) is 4.39. The van der Waals surface area contributed by atoms with Crippen LogP contribution in [0.1, 0.15) is 11.3 Å². The molecule has 0 aliphatic carbocycles. The molecule has 4 rings (SSSR count). The molecule has 0 amide bonds. The van der Waals surface area contributed by atoms with Gasteiger partial charge in [0.1, 0.15) is 0 Å². The minimum Gasteiger partial charge on any atom is -0.355 e. The number of nitro benzene ring substituents is 1. The molecule has 27 heavy (non-hydrogen) atoms. The third kappa shape index (κ3) is 3.69. The van der Waals surface area contributed by atoms with Crippen molar-refractivity contribution < 1.29 is 4.92 Å². The summed E-state index contributed by atoms with van der Waals surface area (Å²) in [6.45, 7) is 0. The van der Waals surface area contributed by atoms with Crippen molar-refractivity contribution in [3.8, 4) is 0 Å². The molecule has 0 radical (unpaired) electrons. The molecular formula is C21H16N4O2. The predicted octanol–water partition coefficient (Wildman–Crippen LogP) is 5.39. The Hall–Kier alpha value is -3.93. The zero-order valence-electron chi connectivity index (χ0n) is 14.3. The van der Waals surface area contributed by atoms with Crippen molar-refractivity contribution in [2.45, 2.75) is 0 Å². The van der Waals surface area contributed by atoms with E-state index < -0.39 is 4.92 Å². The van der Waals surface area contributed by atoms with E-state index in [1.54, 1.807) is 12.1 Å². The van der Waals surface area contributed by atoms with Crippen LogP contribution in [0.5, 0.6) is 0 Å². The molecule has 2 N–H and O–H groups in total. The lowest BCUT2D eigenvalue weighted by Crippen LogP contribution is -1.92. The summed E-state index contributed by atoms with van der Waals surface area (Å²) in [7, 11) is 0. The summed E-state index contributed by atoms with van der Waals surface area (Å²) in [4.78, 5) is 10.5. The Morgan fingerprint density at radius 1 is 0.926 bits per heavy atom. The van der Waals surface area contributed by atoms with Crippen LogP contribution in [0, 0.1) is 10.1 Å². The first kappa shape index (κ1) is 16.5. The highest BCUT2D eigenvalue weighted by atomic mass is 16.6. The third-order valence-electron chi connectivity index (χ3n) is 4.17. The SMILES string of the molecule is O=[N+]([O-])c1cccc(Nc2ccc3c(C=Cc4ccccc4)n[nH]c3c2)c1. The topological polar surface area (TPSA) is 83.8 Å². The number of aromatic nitrogens is 2. The quantitative estimate of drug-likeness (QED) is 0.371. The van der Waals surface area contributed by atoms with E-state index in [1.807, 2.05) is 60.7 Å². The normalized spacial score (nSPS) is 11.1. The molecule has 0 atom stereocenters. The Kier molecular flexibility index (Phi) is 4.37. The first-order chi connectivity index (χ1) is 13.2. The number of hydrogen-bond donors (Lipinski definition) is 2. The Balaban J connectivity index is 1.58. The van der Waals surface area contributed by atoms with Crippen LogP contribution in [-0.4, -0.2) is 15.1 Å². The number of fused-ring (bicyclic) bond motifs is 1. The van der Waals surface area contributed by atoms with E-state index in [1.165, 1.54) is 12.1 Å². The van der Waals surface area contributed by atoms with Crippen LogP contribution in [-0.2, 0) is 0 Å². The molecule has 0 spiro atoms. The first-order valence-corrected chi connectivity index (χ1v) is 8.42. The van der Waals surface area contributed by atoms with Crippen molar-refractivity contribution in [2.24, 2.45) is 0 Å². The van der Waals surface area contributed by atoms with E-state index in [9.17, 15) is 10.1 Å². The second kappa shape index (κ2) is 7.13. The van der Waals surface area contributed by atoms with Gasteiger partial charge in [-0.3, -0.25) is 15.2 Å². The molecule has 0 saturated heterocycles. The molecule has 1 heterocycles.